The lowest BCUT2D eigenvalue weighted by molar-refractivity contribution is 0.175. The minimum Gasteiger partial charge on any atom is -0.493 e. The van der Waals surface area contributed by atoms with Crippen LogP contribution in [0.25, 0.3) is 0 Å². The highest BCUT2D eigenvalue weighted by Gasteiger charge is 2.16. The zero-order chi connectivity index (χ0) is 12.2. The first-order valence-corrected chi connectivity index (χ1v) is 4.92. The second-order valence-corrected chi connectivity index (χ2v) is 3.99. The van der Waals surface area contributed by atoms with Crippen LogP contribution in [-0.2, 0) is 0 Å². The van der Waals surface area contributed by atoms with Gasteiger partial charge in [-0.3, -0.25) is 0 Å². The summed E-state index contributed by atoms with van der Waals surface area (Å²) in [7, 11) is 0. The van der Waals surface area contributed by atoms with Crippen molar-refractivity contribution in [2.24, 2.45) is 5.73 Å². The van der Waals surface area contributed by atoms with E-state index in [-0.39, 0.29) is 19.0 Å². The average molecular weight is 231 g/mol. The molecule has 0 saturated carbocycles. The fourth-order valence-corrected chi connectivity index (χ4v) is 1.05. The van der Waals surface area contributed by atoms with Gasteiger partial charge in [-0.05, 0) is 19.1 Å². The maximum atomic E-state index is 12.8. The molecule has 0 amide bonds. The Kier molecular flexibility index (Phi) is 4.20. The molecule has 0 fully saturated rings. The number of aliphatic hydroxyl groups excluding tert-OH is 1. The first kappa shape index (κ1) is 12.9. The Morgan fingerprint density at radius 1 is 1.38 bits per heavy atom. The van der Waals surface area contributed by atoms with E-state index in [0.29, 0.717) is 6.42 Å². The largest absolute Gasteiger partial charge is 0.493 e. The summed E-state index contributed by atoms with van der Waals surface area (Å²) in [6.07, 6.45) is 0.419. The van der Waals surface area contributed by atoms with Crippen LogP contribution in [0.4, 0.5) is 8.78 Å². The van der Waals surface area contributed by atoms with E-state index in [9.17, 15) is 8.78 Å². The Morgan fingerprint density at radius 2 is 2.06 bits per heavy atom. The van der Waals surface area contributed by atoms with E-state index in [4.69, 9.17) is 15.6 Å². The molecule has 0 aliphatic rings. The maximum absolute atomic E-state index is 12.8. The molecule has 1 aromatic rings. The van der Waals surface area contributed by atoms with Gasteiger partial charge in [-0.15, -0.1) is 0 Å². The summed E-state index contributed by atoms with van der Waals surface area (Å²) >= 11 is 0. The van der Waals surface area contributed by atoms with Crippen molar-refractivity contribution in [2.45, 2.75) is 18.9 Å². The first-order valence-electron chi connectivity index (χ1n) is 4.92. The minimum absolute atomic E-state index is 0.159. The number of hydrogen-bond acceptors (Lipinski definition) is 3. The molecule has 0 spiro atoms. The van der Waals surface area contributed by atoms with Gasteiger partial charge in [0, 0.05) is 18.0 Å². The molecule has 1 atom stereocenters. The summed E-state index contributed by atoms with van der Waals surface area (Å²) < 4.78 is 30.5. The lowest BCUT2D eigenvalue weighted by atomic mass is 10.0. The molecule has 0 radical (unpaired) electrons. The van der Waals surface area contributed by atoms with Crippen LogP contribution in [0.3, 0.4) is 0 Å². The Balaban J connectivity index is 2.46. The number of aliphatic hydroxyl groups is 1. The fraction of sp³-hybridized carbons (Fsp3) is 0.455. The number of benzene rings is 1. The molecule has 1 aromatic carbocycles. The molecule has 0 aliphatic carbocycles. The zero-order valence-corrected chi connectivity index (χ0v) is 9.04. The Hall–Kier alpha value is -1.20. The quantitative estimate of drug-likeness (QED) is 0.806. The number of ether oxygens (including phenoxy) is 1. The molecule has 3 nitrogen and oxygen atoms in total. The SMILES string of the molecule is CC(N)(CO)CCOc1ccc(F)c(F)c1. The summed E-state index contributed by atoms with van der Waals surface area (Å²) in [6.45, 7) is 1.76. The number of rotatable bonds is 5. The third kappa shape index (κ3) is 3.75. The van der Waals surface area contributed by atoms with E-state index < -0.39 is 17.2 Å². The Labute approximate surface area is 92.8 Å². The molecule has 0 aromatic heterocycles. The number of halogens is 2. The predicted octanol–water partition coefficient (Wildman–Crippen LogP) is 1.44. The van der Waals surface area contributed by atoms with Crippen molar-refractivity contribution in [3.8, 4) is 5.75 Å². The molecule has 0 bridgehead atoms. The van der Waals surface area contributed by atoms with Gasteiger partial charge in [-0.1, -0.05) is 0 Å². The summed E-state index contributed by atoms with van der Waals surface area (Å²) in [5, 5.41) is 8.88. The molecule has 1 unspecified atom stereocenters. The van der Waals surface area contributed by atoms with Crippen LogP contribution in [0.2, 0.25) is 0 Å². The highest BCUT2D eigenvalue weighted by Crippen LogP contribution is 2.16. The van der Waals surface area contributed by atoms with E-state index >= 15 is 0 Å². The van der Waals surface area contributed by atoms with Crippen LogP contribution in [0, 0.1) is 11.6 Å². The van der Waals surface area contributed by atoms with Crippen molar-refractivity contribution in [1.82, 2.24) is 0 Å². The monoisotopic (exact) mass is 231 g/mol. The van der Waals surface area contributed by atoms with Gasteiger partial charge >= 0.3 is 0 Å². The van der Waals surface area contributed by atoms with Crippen LogP contribution in [-0.4, -0.2) is 23.9 Å². The van der Waals surface area contributed by atoms with Gasteiger partial charge < -0.3 is 15.6 Å². The smallest absolute Gasteiger partial charge is 0.162 e. The van der Waals surface area contributed by atoms with E-state index in [0.717, 1.165) is 12.1 Å². The van der Waals surface area contributed by atoms with Gasteiger partial charge in [0.25, 0.3) is 0 Å². The molecule has 90 valence electrons. The zero-order valence-electron chi connectivity index (χ0n) is 9.04. The van der Waals surface area contributed by atoms with Gasteiger partial charge in [-0.2, -0.15) is 0 Å². The van der Waals surface area contributed by atoms with Gasteiger partial charge in [-0.25, -0.2) is 8.78 Å². The van der Waals surface area contributed by atoms with Gasteiger partial charge in [0.2, 0.25) is 0 Å². The molecule has 3 N–H and O–H groups in total. The predicted molar refractivity (Wildman–Crippen MR) is 56.1 cm³/mol. The molecule has 16 heavy (non-hydrogen) atoms. The topological polar surface area (TPSA) is 55.5 Å². The van der Waals surface area contributed by atoms with Crippen molar-refractivity contribution in [1.29, 1.82) is 0 Å². The second-order valence-electron chi connectivity index (χ2n) is 3.99. The molecule has 0 heterocycles. The molecule has 5 heteroatoms. The van der Waals surface area contributed by atoms with Crippen LogP contribution >= 0.6 is 0 Å². The van der Waals surface area contributed by atoms with Crippen molar-refractivity contribution < 1.29 is 18.6 Å². The third-order valence-corrected chi connectivity index (χ3v) is 2.19. The Morgan fingerprint density at radius 3 is 2.62 bits per heavy atom. The van der Waals surface area contributed by atoms with Crippen LogP contribution in [0.15, 0.2) is 18.2 Å². The molecule has 0 aliphatic heterocycles. The van der Waals surface area contributed by atoms with Crippen molar-refractivity contribution in [3.63, 3.8) is 0 Å². The van der Waals surface area contributed by atoms with E-state index in [1.165, 1.54) is 6.07 Å². The van der Waals surface area contributed by atoms with Gasteiger partial charge in [0.1, 0.15) is 5.75 Å². The van der Waals surface area contributed by atoms with Gasteiger partial charge in [0.15, 0.2) is 11.6 Å². The fourth-order valence-electron chi connectivity index (χ4n) is 1.05. The lowest BCUT2D eigenvalue weighted by Gasteiger charge is -2.21. The highest BCUT2D eigenvalue weighted by molar-refractivity contribution is 5.23. The minimum atomic E-state index is -0.949. The maximum Gasteiger partial charge on any atom is 0.162 e. The Bertz CT molecular complexity index is 356. The molecular formula is C11H15F2NO2. The average Bonchev–Trinajstić information content (AvgIpc) is 2.23. The lowest BCUT2D eigenvalue weighted by Crippen LogP contribution is -2.41. The van der Waals surface area contributed by atoms with E-state index in [2.05, 4.69) is 0 Å². The highest BCUT2D eigenvalue weighted by atomic mass is 19.2. The van der Waals surface area contributed by atoms with Crippen LogP contribution in [0.5, 0.6) is 5.75 Å². The van der Waals surface area contributed by atoms with Gasteiger partial charge in [0.05, 0.1) is 13.2 Å². The van der Waals surface area contributed by atoms with E-state index in [1.54, 1.807) is 6.92 Å². The van der Waals surface area contributed by atoms with Crippen LogP contribution < -0.4 is 10.5 Å². The van der Waals surface area contributed by atoms with Crippen LogP contribution in [0.1, 0.15) is 13.3 Å². The molecule has 0 saturated heterocycles. The summed E-state index contributed by atoms with van der Waals surface area (Å²) in [5.74, 6) is -1.62. The molecule has 1 rings (SSSR count). The van der Waals surface area contributed by atoms with Crippen molar-refractivity contribution in [3.05, 3.63) is 29.8 Å². The second kappa shape index (κ2) is 5.23. The number of nitrogens with two attached hydrogens (primary N) is 1. The summed E-state index contributed by atoms with van der Waals surface area (Å²) in [4.78, 5) is 0. The molecular weight excluding hydrogens is 216 g/mol. The number of hydrogen-bond donors (Lipinski definition) is 2. The van der Waals surface area contributed by atoms with E-state index in [1.807, 2.05) is 0 Å². The third-order valence-electron chi connectivity index (χ3n) is 2.19. The summed E-state index contributed by atoms with van der Waals surface area (Å²) in [6, 6.07) is 3.31. The van der Waals surface area contributed by atoms with Crippen molar-refractivity contribution >= 4 is 0 Å². The summed E-state index contributed by atoms with van der Waals surface area (Å²) in [5.41, 5.74) is 4.95. The van der Waals surface area contributed by atoms with Crippen molar-refractivity contribution in [2.75, 3.05) is 13.2 Å². The first-order chi connectivity index (χ1) is 7.44. The normalized spacial score (nSPS) is 14.6. The standard InChI is InChI=1S/C11H15F2NO2/c1-11(14,7-15)4-5-16-8-2-3-9(12)10(13)6-8/h2-3,6,15H,4-5,7,14H2,1H3.